The number of hydrogen-bond acceptors (Lipinski definition) is 3. The highest BCUT2D eigenvalue weighted by atomic mass is 16.5. The van der Waals surface area contributed by atoms with Gasteiger partial charge in [-0.1, -0.05) is 26.7 Å². The van der Waals surface area contributed by atoms with Crippen LogP contribution in [0.1, 0.15) is 77.2 Å². The number of fused-ring (bicyclic) bond motifs is 3. The molecule has 1 aromatic carbocycles. The summed E-state index contributed by atoms with van der Waals surface area (Å²) in [5, 5.41) is 10.8. The molecule has 1 atom stereocenters. The lowest BCUT2D eigenvalue weighted by Gasteiger charge is -2.48. The van der Waals surface area contributed by atoms with Crippen molar-refractivity contribution in [2.75, 3.05) is 7.11 Å². The lowest BCUT2D eigenvalue weighted by atomic mass is 9.66. The number of phenols is 1. The van der Waals surface area contributed by atoms with Gasteiger partial charge in [0, 0.05) is 5.56 Å². The largest absolute Gasteiger partial charge is 0.502 e. The average molecular weight is 357 g/mol. The molecule has 1 N–H and O–H groups in total. The smallest absolute Gasteiger partial charge is 0.201 e. The van der Waals surface area contributed by atoms with Gasteiger partial charge in [0.05, 0.1) is 7.11 Å². The van der Waals surface area contributed by atoms with Crippen LogP contribution in [0.25, 0.3) is 5.57 Å². The molecular weight excluding hydrogens is 324 g/mol. The van der Waals surface area contributed by atoms with Crippen molar-refractivity contribution in [2.24, 2.45) is 11.8 Å². The number of hydrogen-bond donors (Lipinski definition) is 1. The molecule has 0 bridgehead atoms. The van der Waals surface area contributed by atoms with E-state index in [2.05, 4.69) is 19.9 Å². The summed E-state index contributed by atoms with van der Waals surface area (Å²) < 4.78 is 12.0. The van der Waals surface area contributed by atoms with Crippen LogP contribution in [0.15, 0.2) is 17.7 Å². The molecule has 3 aliphatic rings. The normalized spacial score (nSPS) is 30.6. The first-order chi connectivity index (χ1) is 12.6. The Labute approximate surface area is 157 Å². The van der Waals surface area contributed by atoms with Gasteiger partial charge in [-0.2, -0.15) is 0 Å². The summed E-state index contributed by atoms with van der Waals surface area (Å²) in [6, 6.07) is 3.96. The Kier molecular flexibility index (Phi) is 4.66. The van der Waals surface area contributed by atoms with E-state index in [0.29, 0.717) is 11.5 Å². The van der Waals surface area contributed by atoms with Gasteiger partial charge in [0.1, 0.15) is 5.60 Å². The first-order valence-electron chi connectivity index (χ1n) is 10.4. The molecular formula is C23H32O3. The van der Waals surface area contributed by atoms with Gasteiger partial charge in [-0.05, 0) is 80.1 Å². The van der Waals surface area contributed by atoms with Crippen LogP contribution in [0.3, 0.4) is 0 Å². The maximum absolute atomic E-state index is 10.8. The fraction of sp³-hybridized carbons (Fsp3) is 0.652. The summed E-state index contributed by atoms with van der Waals surface area (Å²) in [4.78, 5) is 0. The van der Waals surface area contributed by atoms with E-state index >= 15 is 0 Å². The molecule has 3 heteroatoms. The molecule has 1 saturated carbocycles. The van der Waals surface area contributed by atoms with Crippen molar-refractivity contribution >= 4 is 5.57 Å². The molecule has 0 amide bonds. The van der Waals surface area contributed by atoms with Crippen LogP contribution in [-0.4, -0.2) is 17.8 Å². The third-order valence-electron chi connectivity index (χ3n) is 7.21. The van der Waals surface area contributed by atoms with Gasteiger partial charge in [-0.25, -0.2) is 0 Å². The Morgan fingerprint density at radius 3 is 2.50 bits per heavy atom. The molecule has 142 valence electrons. The van der Waals surface area contributed by atoms with E-state index in [1.165, 1.54) is 37.7 Å². The van der Waals surface area contributed by atoms with E-state index in [9.17, 15) is 5.11 Å². The molecule has 1 heterocycles. The topological polar surface area (TPSA) is 38.7 Å². The summed E-state index contributed by atoms with van der Waals surface area (Å²) >= 11 is 0. The van der Waals surface area contributed by atoms with Crippen molar-refractivity contribution in [3.8, 4) is 17.2 Å². The molecule has 0 saturated heterocycles. The number of benzene rings is 1. The number of allylic oxidation sites excluding steroid dienone is 1. The molecule has 26 heavy (non-hydrogen) atoms. The standard InChI is InChI=1S/C23H32O3/c1-4-15-10-12-23(13-11-15)19-14-16(5-2)6-7-17(19)18-8-9-20(25-3)21(24)22(18)26-23/h8-9,15-16,24H,4-7,10-14H2,1-3H3. The SMILES string of the molecule is CCC1CCC2(CC1)Oc1c(ccc(OC)c1O)C1=C2CC(CC)CC1. The van der Waals surface area contributed by atoms with Crippen LogP contribution in [0.4, 0.5) is 0 Å². The molecule has 0 radical (unpaired) electrons. The average Bonchev–Trinajstić information content (AvgIpc) is 2.69. The van der Waals surface area contributed by atoms with Crippen LogP contribution >= 0.6 is 0 Å². The van der Waals surface area contributed by atoms with Crippen molar-refractivity contribution < 1.29 is 14.6 Å². The molecule has 2 aliphatic carbocycles. The Hall–Kier alpha value is -1.64. The fourth-order valence-electron chi connectivity index (χ4n) is 5.39. The molecule has 1 spiro atoms. The fourth-order valence-corrected chi connectivity index (χ4v) is 5.39. The van der Waals surface area contributed by atoms with E-state index in [-0.39, 0.29) is 11.4 Å². The number of aromatic hydroxyl groups is 1. The van der Waals surface area contributed by atoms with E-state index in [1.54, 1.807) is 12.7 Å². The number of phenolic OH excluding ortho intramolecular Hbond substituents is 1. The summed E-state index contributed by atoms with van der Waals surface area (Å²) in [6.45, 7) is 4.61. The molecule has 1 aromatic rings. The van der Waals surface area contributed by atoms with Gasteiger partial charge < -0.3 is 14.6 Å². The lowest BCUT2D eigenvalue weighted by molar-refractivity contribution is 0.0353. The number of methoxy groups -OCH3 is 1. The van der Waals surface area contributed by atoms with Crippen molar-refractivity contribution in [3.63, 3.8) is 0 Å². The Morgan fingerprint density at radius 1 is 1.12 bits per heavy atom. The highest BCUT2D eigenvalue weighted by Crippen LogP contribution is 2.57. The van der Waals surface area contributed by atoms with Gasteiger partial charge in [0.2, 0.25) is 5.75 Å². The predicted octanol–water partition coefficient (Wildman–Crippen LogP) is 6.10. The zero-order valence-electron chi connectivity index (χ0n) is 16.4. The van der Waals surface area contributed by atoms with E-state index in [4.69, 9.17) is 9.47 Å². The second-order valence-corrected chi connectivity index (χ2v) is 8.42. The van der Waals surface area contributed by atoms with Crippen LogP contribution < -0.4 is 9.47 Å². The van der Waals surface area contributed by atoms with Crippen LogP contribution in [-0.2, 0) is 0 Å². The second kappa shape index (κ2) is 6.83. The van der Waals surface area contributed by atoms with Gasteiger partial charge in [-0.15, -0.1) is 0 Å². The summed E-state index contributed by atoms with van der Waals surface area (Å²) in [7, 11) is 1.60. The monoisotopic (exact) mass is 356 g/mol. The highest BCUT2D eigenvalue weighted by molar-refractivity contribution is 5.80. The first-order valence-corrected chi connectivity index (χ1v) is 10.4. The van der Waals surface area contributed by atoms with Gasteiger partial charge >= 0.3 is 0 Å². The maximum Gasteiger partial charge on any atom is 0.201 e. The maximum atomic E-state index is 10.8. The molecule has 1 aliphatic heterocycles. The molecule has 1 unspecified atom stereocenters. The highest BCUT2D eigenvalue weighted by Gasteiger charge is 2.47. The minimum absolute atomic E-state index is 0.172. The van der Waals surface area contributed by atoms with Crippen LogP contribution in [0, 0.1) is 11.8 Å². The summed E-state index contributed by atoms with van der Waals surface area (Å²) in [5.74, 6) is 2.93. The van der Waals surface area contributed by atoms with Crippen molar-refractivity contribution in [1.82, 2.24) is 0 Å². The molecule has 1 fully saturated rings. The first kappa shape index (κ1) is 17.8. The Balaban J connectivity index is 1.81. The minimum atomic E-state index is -0.203. The summed E-state index contributed by atoms with van der Waals surface area (Å²) in [5.41, 5.74) is 3.88. The van der Waals surface area contributed by atoms with Crippen molar-refractivity contribution in [2.45, 2.75) is 77.2 Å². The van der Waals surface area contributed by atoms with E-state index in [1.807, 2.05) is 6.07 Å². The third-order valence-corrected chi connectivity index (χ3v) is 7.21. The molecule has 0 aromatic heterocycles. The van der Waals surface area contributed by atoms with Gasteiger partial charge in [-0.3, -0.25) is 0 Å². The van der Waals surface area contributed by atoms with E-state index in [0.717, 1.165) is 43.1 Å². The van der Waals surface area contributed by atoms with Gasteiger partial charge in [0.15, 0.2) is 11.5 Å². The zero-order valence-corrected chi connectivity index (χ0v) is 16.4. The lowest BCUT2D eigenvalue weighted by Crippen LogP contribution is -2.45. The van der Waals surface area contributed by atoms with Gasteiger partial charge in [0.25, 0.3) is 0 Å². The predicted molar refractivity (Wildman–Crippen MR) is 105 cm³/mol. The zero-order chi connectivity index (χ0) is 18.3. The third kappa shape index (κ3) is 2.71. The summed E-state index contributed by atoms with van der Waals surface area (Å²) in [6.07, 6.45) is 10.6. The molecule has 4 rings (SSSR count). The molecule has 3 nitrogen and oxygen atoms in total. The number of ether oxygens (including phenoxy) is 2. The van der Waals surface area contributed by atoms with E-state index < -0.39 is 0 Å². The van der Waals surface area contributed by atoms with Crippen LogP contribution in [0.5, 0.6) is 17.2 Å². The van der Waals surface area contributed by atoms with Crippen molar-refractivity contribution in [1.29, 1.82) is 0 Å². The number of rotatable bonds is 3. The van der Waals surface area contributed by atoms with Crippen LogP contribution in [0.2, 0.25) is 0 Å². The Bertz CT molecular complexity index is 710. The second-order valence-electron chi connectivity index (χ2n) is 8.42. The minimum Gasteiger partial charge on any atom is -0.502 e. The Morgan fingerprint density at radius 2 is 1.85 bits per heavy atom. The van der Waals surface area contributed by atoms with Crippen molar-refractivity contribution in [3.05, 3.63) is 23.3 Å². The quantitative estimate of drug-likeness (QED) is 0.711.